The second kappa shape index (κ2) is 18.8. The maximum absolute atomic E-state index is 13.8. The molecule has 2 rings (SSSR count). The number of carbonyl (C=O) groups excluding carboxylic acids is 1. The molecule has 11 heteroatoms. The number of urea groups is 1. The van der Waals surface area contributed by atoms with Gasteiger partial charge in [0.25, 0.3) is 0 Å². The highest BCUT2D eigenvalue weighted by Gasteiger charge is 2.26. The molecule has 234 valence electrons. The summed E-state index contributed by atoms with van der Waals surface area (Å²) in [7, 11) is -0.344. The van der Waals surface area contributed by atoms with E-state index in [4.69, 9.17) is 4.74 Å². The van der Waals surface area contributed by atoms with Gasteiger partial charge in [0.1, 0.15) is 5.75 Å². The molecule has 41 heavy (non-hydrogen) atoms. The van der Waals surface area contributed by atoms with Gasteiger partial charge >= 0.3 is 6.03 Å². The van der Waals surface area contributed by atoms with E-state index in [2.05, 4.69) is 34.6 Å². The average Bonchev–Trinajstić information content (AvgIpc) is 3.33. The largest absolute Gasteiger partial charge is 0.495 e. The first-order valence-electron chi connectivity index (χ1n) is 15.6. The second-order valence-corrected chi connectivity index (χ2v) is 12.7. The number of hydrogen-bond donors (Lipinski definition) is 2. The number of rotatable bonds is 20. The van der Waals surface area contributed by atoms with Gasteiger partial charge in [-0.05, 0) is 38.0 Å². The van der Waals surface area contributed by atoms with Crippen LogP contribution in [0, 0.1) is 0 Å². The lowest BCUT2D eigenvalue weighted by Crippen LogP contribution is -2.35. The van der Waals surface area contributed by atoms with E-state index < -0.39 is 16.1 Å². The highest BCUT2D eigenvalue weighted by molar-refractivity contribution is 7.89. The molecule has 1 aromatic carbocycles. The lowest BCUT2D eigenvalue weighted by molar-refractivity contribution is 0.252. The van der Waals surface area contributed by atoms with Gasteiger partial charge in [-0.2, -0.15) is 4.31 Å². The summed E-state index contributed by atoms with van der Waals surface area (Å²) in [5.74, 6) is 1.06. The lowest BCUT2D eigenvalue weighted by atomic mass is 10.1. The number of hydrazone groups is 1. The number of nitrogens with zero attached hydrogens (tertiary/aromatic N) is 4. The number of ether oxygens (including phenoxy) is 1. The highest BCUT2D eigenvalue weighted by Crippen LogP contribution is 2.29. The van der Waals surface area contributed by atoms with Crippen molar-refractivity contribution in [2.75, 3.05) is 52.2 Å². The van der Waals surface area contributed by atoms with Crippen molar-refractivity contribution in [1.82, 2.24) is 19.5 Å². The van der Waals surface area contributed by atoms with E-state index in [9.17, 15) is 13.2 Å². The Morgan fingerprint density at radius 2 is 1.51 bits per heavy atom. The van der Waals surface area contributed by atoms with Gasteiger partial charge in [-0.1, -0.05) is 78.1 Å². The van der Waals surface area contributed by atoms with E-state index in [1.54, 1.807) is 16.4 Å². The first-order chi connectivity index (χ1) is 19.8. The summed E-state index contributed by atoms with van der Waals surface area (Å²) in [5, 5.41) is 6.99. The molecule has 2 N–H and O–H groups in total. The molecule has 0 saturated carbocycles. The minimum atomic E-state index is -3.76. The van der Waals surface area contributed by atoms with Gasteiger partial charge < -0.3 is 19.9 Å². The van der Waals surface area contributed by atoms with Gasteiger partial charge in [0.2, 0.25) is 16.0 Å². The molecule has 1 saturated heterocycles. The number of nitrogens with one attached hydrogen (secondary N) is 2. The fraction of sp³-hybridized carbons (Fsp3) is 0.733. The number of methoxy groups -OCH3 is 1. The van der Waals surface area contributed by atoms with E-state index in [0.29, 0.717) is 24.8 Å². The van der Waals surface area contributed by atoms with Crippen LogP contribution in [0.4, 0.5) is 10.5 Å². The van der Waals surface area contributed by atoms with Crippen molar-refractivity contribution in [3.63, 3.8) is 0 Å². The first kappa shape index (κ1) is 34.7. The zero-order valence-electron chi connectivity index (χ0n) is 26.1. The molecule has 0 unspecified atom stereocenters. The van der Waals surface area contributed by atoms with Crippen LogP contribution in [-0.4, -0.2) is 81.4 Å². The van der Waals surface area contributed by atoms with Gasteiger partial charge in [-0.3, -0.25) is 0 Å². The molecule has 1 heterocycles. The first-order valence-corrected chi connectivity index (χ1v) is 17.0. The zero-order valence-corrected chi connectivity index (χ0v) is 26.9. The summed E-state index contributed by atoms with van der Waals surface area (Å²) < 4.78 is 34.7. The predicted octanol–water partition coefficient (Wildman–Crippen LogP) is 6.07. The van der Waals surface area contributed by atoms with Crippen molar-refractivity contribution >= 4 is 27.7 Å². The third-order valence-corrected chi connectivity index (χ3v) is 9.44. The van der Waals surface area contributed by atoms with Crippen molar-refractivity contribution in [3.8, 4) is 5.75 Å². The van der Waals surface area contributed by atoms with Crippen molar-refractivity contribution in [1.29, 1.82) is 0 Å². The second-order valence-electron chi connectivity index (χ2n) is 10.8. The molecule has 2 amide bonds. The molecule has 0 spiro atoms. The van der Waals surface area contributed by atoms with Gasteiger partial charge in [0, 0.05) is 39.8 Å². The zero-order chi connectivity index (χ0) is 30.1. The molecule has 1 aliphatic rings. The number of unbranched alkanes of at least 4 members (excludes halogenated alkanes) is 10. The lowest BCUT2D eigenvalue weighted by Gasteiger charge is -2.23. The van der Waals surface area contributed by atoms with Crippen LogP contribution in [0.1, 0.15) is 97.8 Å². The fourth-order valence-corrected chi connectivity index (χ4v) is 6.55. The van der Waals surface area contributed by atoms with Gasteiger partial charge in [-0.25, -0.2) is 18.6 Å². The van der Waals surface area contributed by atoms with E-state index in [0.717, 1.165) is 58.2 Å². The van der Waals surface area contributed by atoms with Crippen LogP contribution in [0.25, 0.3) is 0 Å². The van der Waals surface area contributed by atoms with Crippen LogP contribution in [0.15, 0.2) is 28.2 Å². The van der Waals surface area contributed by atoms with Crippen molar-refractivity contribution in [2.24, 2.45) is 5.10 Å². The molecular formula is C30H54N6O4S. The Morgan fingerprint density at radius 3 is 2.07 bits per heavy atom. The Hall–Kier alpha value is -2.53. The molecule has 1 aromatic rings. The van der Waals surface area contributed by atoms with Crippen LogP contribution < -0.4 is 15.5 Å². The average molecular weight is 595 g/mol. The number of amides is 2. The Labute approximate surface area is 248 Å². The number of benzene rings is 1. The summed E-state index contributed by atoms with van der Waals surface area (Å²) in [6.45, 7) is 9.88. The van der Waals surface area contributed by atoms with Crippen LogP contribution >= 0.6 is 0 Å². The summed E-state index contributed by atoms with van der Waals surface area (Å²) in [6, 6.07) is 4.06. The Morgan fingerprint density at radius 1 is 0.927 bits per heavy atom. The third-order valence-electron chi connectivity index (χ3n) is 7.55. The van der Waals surface area contributed by atoms with Crippen LogP contribution in [0.5, 0.6) is 5.75 Å². The van der Waals surface area contributed by atoms with Crippen molar-refractivity contribution in [2.45, 2.75) is 103 Å². The fourth-order valence-electron chi connectivity index (χ4n) is 5.00. The summed E-state index contributed by atoms with van der Waals surface area (Å²) in [4.78, 5) is 16.9. The molecule has 1 aliphatic heterocycles. The maximum Gasteiger partial charge on any atom is 0.339 e. The number of likely N-dealkylation sites (N-methyl/N-ethyl adjacent to an activating group) is 2. The monoisotopic (exact) mass is 594 g/mol. The molecule has 1 fully saturated rings. The van der Waals surface area contributed by atoms with Crippen LogP contribution in [-0.2, 0) is 10.0 Å². The maximum atomic E-state index is 13.8. The van der Waals surface area contributed by atoms with Crippen molar-refractivity contribution < 1.29 is 17.9 Å². The van der Waals surface area contributed by atoms with E-state index in [1.165, 1.54) is 51.7 Å². The normalized spacial score (nSPS) is 14.7. The molecular weight excluding hydrogens is 540 g/mol. The van der Waals surface area contributed by atoms with Gasteiger partial charge in [0.15, 0.2) is 0 Å². The molecule has 10 nitrogen and oxygen atoms in total. The topological polar surface area (TPSA) is 107 Å². The molecule has 0 bridgehead atoms. The molecule has 0 aliphatic carbocycles. The van der Waals surface area contributed by atoms with Gasteiger partial charge in [0.05, 0.1) is 17.7 Å². The quantitative estimate of drug-likeness (QED) is 0.140. The highest BCUT2D eigenvalue weighted by atomic mass is 32.2. The molecule has 0 atom stereocenters. The van der Waals surface area contributed by atoms with Gasteiger partial charge in [-0.15, -0.1) is 5.10 Å². The van der Waals surface area contributed by atoms with E-state index >= 15 is 0 Å². The SMILES string of the molecule is CCCCCCCCN(CCCCCCCC)S(=O)(=O)c1ccc(OC)c(NC(=O)N/N=C2\N(C)CCN2CC)c1. The minimum Gasteiger partial charge on any atom is -0.495 e. The summed E-state index contributed by atoms with van der Waals surface area (Å²) >= 11 is 0. The minimum absolute atomic E-state index is 0.143. The smallest absolute Gasteiger partial charge is 0.339 e. The molecule has 0 radical (unpaired) electrons. The Kier molecular flexibility index (Phi) is 15.9. The number of carbonyl (C=O) groups is 1. The summed E-state index contributed by atoms with van der Waals surface area (Å²) in [6.07, 6.45) is 13.2. The number of hydrogen-bond acceptors (Lipinski definition) is 5. The number of guanidine groups is 1. The van der Waals surface area contributed by atoms with E-state index in [-0.39, 0.29) is 10.6 Å². The predicted molar refractivity (Wildman–Crippen MR) is 168 cm³/mol. The standard InChI is InChI=1S/C30H54N6O4S/c1-6-9-11-13-15-17-21-36(22-18-16-14-12-10-7-2)41(38,39)26-19-20-28(40-5)27(25-26)31-29(37)32-33-30-34(4)23-24-35(30)8-3/h19-20,25H,6-18,21-24H2,1-5H3,(H2,31,32,37)/b33-30+. The third kappa shape index (κ3) is 11.3. The van der Waals surface area contributed by atoms with Crippen LogP contribution in [0.3, 0.4) is 0 Å². The Balaban J connectivity index is 2.15. The summed E-state index contributed by atoms with van der Waals surface area (Å²) in [5.41, 5.74) is 2.81. The Bertz CT molecular complexity index is 1030. The van der Waals surface area contributed by atoms with E-state index in [1.807, 2.05) is 18.9 Å². The number of sulfonamides is 1. The number of anilines is 1. The molecule has 0 aromatic heterocycles. The van der Waals surface area contributed by atoms with Crippen molar-refractivity contribution in [3.05, 3.63) is 18.2 Å². The van der Waals surface area contributed by atoms with Crippen LogP contribution in [0.2, 0.25) is 0 Å².